The molecule has 5 nitrogen and oxygen atoms in total. The Kier molecular flexibility index (Phi) is 5.56. The van der Waals surface area contributed by atoms with Gasteiger partial charge in [-0.2, -0.15) is 0 Å². The van der Waals surface area contributed by atoms with Gasteiger partial charge in [-0.05, 0) is 28.8 Å². The highest BCUT2D eigenvalue weighted by Gasteiger charge is 2.43. The van der Waals surface area contributed by atoms with Crippen LogP contribution in [-0.2, 0) is 20.7 Å². The van der Waals surface area contributed by atoms with E-state index in [9.17, 15) is 14.0 Å². The number of hydrogen-bond acceptors (Lipinski definition) is 3. The van der Waals surface area contributed by atoms with Crippen LogP contribution in [0, 0.1) is 5.82 Å². The molecule has 2 aromatic rings. The number of nitrogens with zero attached hydrogens (tertiary/aromatic N) is 1. The van der Waals surface area contributed by atoms with E-state index in [1.807, 2.05) is 30.3 Å². The topological polar surface area (TPSA) is 72.6 Å². The fourth-order valence-corrected chi connectivity index (χ4v) is 3.42. The van der Waals surface area contributed by atoms with Gasteiger partial charge in [0.05, 0.1) is 13.2 Å². The van der Waals surface area contributed by atoms with Gasteiger partial charge in [0.25, 0.3) is 5.91 Å². The van der Waals surface area contributed by atoms with Gasteiger partial charge in [-0.15, -0.1) is 0 Å². The van der Waals surface area contributed by atoms with Crippen LogP contribution in [0.5, 0.6) is 0 Å². The van der Waals surface area contributed by atoms with Crippen LogP contribution in [0.2, 0.25) is 0 Å². The summed E-state index contributed by atoms with van der Waals surface area (Å²) in [6.07, 6.45) is 0.614. The van der Waals surface area contributed by atoms with Gasteiger partial charge in [0.2, 0.25) is 5.91 Å². The first-order valence-electron chi connectivity index (χ1n) is 9.00. The van der Waals surface area contributed by atoms with Gasteiger partial charge in [0, 0.05) is 19.4 Å². The zero-order chi connectivity index (χ0) is 19.4. The number of carbonyl (C=O) groups is 2. The van der Waals surface area contributed by atoms with Crippen molar-refractivity contribution < 1.29 is 18.7 Å². The Labute approximate surface area is 157 Å². The minimum atomic E-state index is -1.26. The van der Waals surface area contributed by atoms with Crippen molar-refractivity contribution in [1.82, 2.24) is 4.90 Å². The van der Waals surface area contributed by atoms with E-state index in [1.54, 1.807) is 17.9 Å². The van der Waals surface area contributed by atoms with E-state index >= 15 is 0 Å². The SMILES string of the molecule is CCC(=O)N1CCOC(Cc2cccc(-c3cccc(F)c3)c2)(C(N)=O)C1. The molecule has 0 saturated carbocycles. The molecule has 0 aliphatic carbocycles. The number of hydrogen-bond donors (Lipinski definition) is 1. The van der Waals surface area contributed by atoms with Gasteiger partial charge >= 0.3 is 0 Å². The monoisotopic (exact) mass is 370 g/mol. The van der Waals surface area contributed by atoms with E-state index in [0.717, 1.165) is 16.7 Å². The zero-order valence-corrected chi connectivity index (χ0v) is 15.3. The lowest BCUT2D eigenvalue weighted by Crippen LogP contribution is -2.61. The van der Waals surface area contributed by atoms with Crippen LogP contribution in [0.15, 0.2) is 48.5 Å². The third-order valence-corrected chi connectivity index (χ3v) is 4.86. The minimum Gasteiger partial charge on any atom is -0.367 e. The average molecular weight is 370 g/mol. The van der Waals surface area contributed by atoms with Crippen molar-refractivity contribution in [2.45, 2.75) is 25.4 Å². The molecular weight excluding hydrogens is 347 g/mol. The quantitative estimate of drug-likeness (QED) is 0.879. The van der Waals surface area contributed by atoms with Gasteiger partial charge < -0.3 is 15.4 Å². The van der Waals surface area contributed by atoms with Crippen LogP contribution >= 0.6 is 0 Å². The molecule has 0 spiro atoms. The number of primary amides is 1. The molecule has 1 heterocycles. The summed E-state index contributed by atoms with van der Waals surface area (Å²) < 4.78 is 19.3. The Hall–Kier alpha value is -2.73. The Morgan fingerprint density at radius 2 is 1.89 bits per heavy atom. The molecule has 3 rings (SSSR count). The van der Waals surface area contributed by atoms with Crippen LogP contribution in [0.4, 0.5) is 4.39 Å². The highest BCUT2D eigenvalue weighted by Crippen LogP contribution is 2.27. The molecule has 2 amide bonds. The average Bonchev–Trinajstić information content (AvgIpc) is 2.67. The molecule has 0 bridgehead atoms. The van der Waals surface area contributed by atoms with Crippen LogP contribution in [-0.4, -0.2) is 42.0 Å². The van der Waals surface area contributed by atoms with Crippen LogP contribution in [0.1, 0.15) is 18.9 Å². The van der Waals surface area contributed by atoms with Crippen LogP contribution in [0.3, 0.4) is 0 Å². The molecule has 142 valence electrons. The summed E-state index contributed by atoms with van der Waals surface area (Å²) in [5.74, 6) is -0.930. The first kappa shape index (κ1) is 19.0. The molecule has 1 atom stereocenters. The third-order valence-electron chi connectivity index (χ3n) is 4.86. The second kappa shape index (κ2) is 7.88. The number of rotatable bonds is 5. The second-order valence-electron chi connectivity index (χ2n) is 6.76. The van der Waals surface area contributed by atoms with E-state index < -0.39 is 11.5 Å². The maximum atomic E-state index is 13.5. The summed E-state index contributed by atoms with van der Waals surface area (Å²) in [5.41, 5.74) is 6.83. The van der Waals surface area contributed by atoms with Crippen molar-refractivity contribution >= 4 is 11.8 Å². The number of carbonyl (C=O) groups excluding carboxylic acids is 2. The highest BCUT2D eigenvalue weighted by molar-refractivity contribution is 5.86. The summed E-state index contributed by atoms with van der Waals surface area (Å²) in [5, 5.41) is 0. The summed E-state index contributed by atoms with van der Waals surface area (Å²) in [7, 11) is 0. The molecule has 0 aromatic heterocycles. The van der Waals surface area contributed by atoms with Crippen molar-refractivity contribution in [3.63, 3.8) is 0 Å². The zero-order valence-electron chi connectivity index (χ0n) is 15.3. The van der Waals surface area contributed by atoms with Crippen LogP contribution in [0.25, 0.3) is 11.1 Å². The maximum Gasteiger partial charge on any atom is 0.251 e. The number of halogens is 1. The number of amides is 2. The summed E-state index contributed by atoms with van der Waals surface area (Å²) in [6.45, 7) is 2.63. The lowest BCUT2D eigenvalue weighted by atomic mass is 9.90. The van der Waals surface area contributed by atoms with Gasteiger partial charge in [0.1, 0.15) is 5.82 Å². The molecule has 1 saturated heterocycles. The first-order chi connectivity index (χ1) is 12.9. The Balaban J connectivity index is 1.88. The largest absolute Gasteiger partial charge is 0.367 e. The van der Waals surface area contributed by atoms with Crippen molar-refractivity contribution in [3.05, 3.63) is 59.9 Å². The standard InChI is InChI=1S/C21H23FN2O3/c1-2-19(25)24-9-10-27-21(14-24,20(23)26)13-15-5-3-6-16(11-15)17-7-4-8-18(22)12-17/h3-8,11-12H,2,9-10,13-14H2,1H3,(H2,23,26). The normalized spacial score (nSPS) is 19.7. The van der Waals surface area contributed by atoms with Gasteiger partial charge in [0.15, 0.2) is 5.60 Å². The number of benzene rings is 2. The van der Waals surface area contributed by atoms with E-state index in [0.29, 0.717) is 13.0 Å². The predicted molar refractivity (Wildman–Crippen MR) is 100 cm³/mol. The lowest BCUT2D eigenvalue weighted by Gasteiger charge is -2.40. The molecule has 1 aliphatic rings. The summed E-state index contributed by atoms with van der Waals surface area (Å²) in [4.78, 5) is 26.0. The number of nitrogens with two attached hydrogens (primary N) is 1. The molecular formula is C21H23FN2O3. The molecule has 27 heavy (non-hydrogen) atoms. The third kappa shape index (κ3) is 4.17. The Morgan fingerprint density at radius 3 is 2.56 bits per heavy atom. The molecule has 1 aliphatic heterocycles. The smallest absolute Gasteiger partial charge is 0.251 e. The van der Waals surface area contributed by atoms with Crippen molar-refractivity contribution in [3.8, 4) is 11.1 Å². The maximum absolute atomic E-state index is 13.5. The van der Waals surface area contributed by atoms with Crippen molar-refractivity contribution in [1.29, 1.82) is 0 Å². The summed E-state index contributed by atoms with van der Waals surface area (Å²) >= 11 is 0. The minimum absolute atomic E-state index is 0.0302. The molecule has 6 heteroatoms. The molecule has 2 aromatic carbocycles. The Morgan fingerprint density at radius 1 is 1.19 bits per heavy atom. The summed E-state index contributed by atoms with van der Waals surface area (Å²) in [6, 6.07) is 13.8. The highest BCUT2D eigenvalue weighted by atomic mass is 19.1. The Bertz CT molecular complexity index is 855. The van der Waals surface area contributed by atoms with Gasteiger partial charge in [-0.3, -0.25) is 9.59 Å². The van der Waals surface area contributed by atoms with Gasteiger partial charge in [-0.25, -0.2) is 4.39 Å². The first-order valence-corrected chi connectivity index (χ1v) is 9.00. The van der Waals surface area contributed by atoms with Crippen molar-refractivity contribution in [2.24, 2.45) is 5.73 Å². The number of morpholine rings is 1. The predicted octanol–water partition coefficient (Wildman–Crippen LogP) is 2.53. The fraction of sp³-hybridized carbons (Fsp3) is 0.333. The van der Waals surface area contributed by atoms with Crippen molar-refractivity contribution in [2.75, 3.05) is 19.7 Å². The molecule has 1 fully saturated rings. The molecule has 1 unspecified atom stereocenters. The molecule has 0 radical (unpaired) electrons. The van der Waals surface area contributed by atoms with Crippen LogP contribution < -0.4 is 5.73 Å². The second-order valence-corrected chi connectivity index (χ2v) is 6.76. The van der Waals surface area contributed by atoms with Gasteiger partial charge in [-0.1, -0.05) is 43.3 Å². The lowest BCUT2D eigenvalue weighted by molar-refractivity contribution is -0.163. The fourth-order valence-electron chi connectivity index (χ4n) is 3.42. The van der Waals surface area contributed by atoms with E-state index in [-0.39, 0.29) is 31.3 Å². The van der Waals surface area contributed by atoms with E-state index in [4.69, 9.17) is 10.5 Å². The van der Waals surface area contributed by atoms with E-state index in [1.165, 1.54) is 12.1 Å². The van der Waals surface area contributed by atoms with E-state index in [2.05, 4.69) is 0 Å². The number of ether oxygens (including phenoxy) is 1. The molecule has 2 N–H and O–H groups in total.